The molecule has 2 aliphatic heterocycles. The number of hydrogen-bond acceptors (Lipinski definition) is 7. The first-order valence-corrected chi connectivity index (χ1v) is 12.6. The summed E-state index contributed by atoms with van der Waals surface area (Å²) in [6.07, 6.45) is -2.49. The zero-order valence-corrected chi connectivity index (χ0v) is 22.5. The van der Waals surface area contributed by atoms with Crippen molar-refractivity contribution in [3.63, 3.8) is 0 Å². The predicted octanol–water partition coefficient (Wildman–Crippen LogP) is 3.65. The van der Waals surface area contributed by atoms with E-state index in [-0.39, 0.29) is 43.4 Å². The number of carbonyl (C=O) groups is 2. The van der Waals surface area contributed by atoms with Crippen LogP contribution >= 0.6 is 11.6 Å². The number of likely N-dealkylation sites (tertiary alicyclic amines) is 1. The molecule has 1 fully saturated rings. The highest BCUT2D eigenvalue weighted by Crippen LogP contribution is 2.32. The number of carbonyl (C=O) groups excluding carboxylic acids is 2. The molecule has 10 nitrogen and oxygen atoms in total. The Balaban J connectivity index is 1.35. The highest BCUT2D eigenvalue weighted by atomic mass is 35.5. The van der Waals surface area contributed by atoms with Crippen LogP contribution in [0, 0.1) is 19.7 Å². The maximum absolute atomic E-state index is 14.2. The fraction of sp³-hybridized carbons (Fsp3) is 0.462. The Bertz CT molecular complexity index is 1450. The lowest BCUT2D eigenvalue weighted by atomic mass is 10.1. The second kappa shape index (κ2) is 9.39. The number of β-amino-alcohol motifs (C(OH)–C–C–N with tert-alkyl or cyclic N) is 1. The first-order valence-electron chi connectivity index (χ1n) is 12.3. The number of fused-ring (bicyclic) bond motifs is 3. The number of aryl methyl sites for hydroxylation is 2. The van der Waals surface area contributed by atoms with Gasteiger partial charge >= 0.3 is 6.09 Å². The summed E-state index contributed by atoms with van der Waals surface area (Å²) in [5.41, 5.74) is 3.06. The molecule has 2 aromatic heterocycles. The van der Waals surface area contributed by atoms with E-state index in [0.717, 1.165) is 17.3 Å². The zero-order valence-electron chi connectivity index (χ0n) is 21.8. The molecule has 12 heteroatoms. The third-order valence-electron chi connectivity index (χ3n) is 6.58. The van der Waals surface area contributed by atoms with Gasteiger partial charge in [0.25, 0.3) is 5.91 Å². The van der Waals surface area contributed by atoms with Gasteiger partial charge in [-0.2, -0.15) is 5.10 Å². The first-order chi connectivity index (χ1) is 17.8. The van der Waals surface area contributed by atoms with Gasteiger partial charge in [-0.05, 0) is 46.8 Å². The SMILES string of the molecule is Cc1nc2c3c(nn2c(C)c1Cl)CN(C(=O)c1ccc(F)cc1OC1CN(C(=O)OC(C)(C)C)CC1O)C3. The lowest BCUT2D eigenvalue weighted by Gasteiger charge is -2.24. The van der Waals surface area contributed by atoms with Gasteiger partial charge in [-0.1, -0.05) is 11.6 Å². The number of halogens is 2. The molecule has 0 spiro atoms. The Kier molecular flexibility index (Phi) is 6.47. The minimum Gasteiger partial charge on any atom is -0.485 e. The largest absolute Gasteiger partial charge is 0.485 e. The number of nitrogens with zero attached hydrogens (tertiary/aromatic N) is 5. The van der Waals surface area contributed by atoms with Crippen LogP contribution in [0.4, 0.5) is 9.18 Å². The molecular formula is C26H29ClFN5O5. The van der Waals surface area contributed by atoms with Gasteiger partial charge in [0.2, 0.25) is 0 Å². The molecule has 0 radical (unpaired) electrons. The van der Waals surface area contributed by atoms with Crippen molar-refractivity contribution >= 4 is 29.2 Å². The van der Waals surface area contributed by atoms with Crippen LogP contribution < -0.4 is 4.74 Å². The number of aromatic nitrogens is 3. The van der Waals surface area contributed by atoms with Crippen molar-refractivity contribution in [2.24, 2.45) is 0 Å². The van der Waals surface area contributed by atoms with Crippen LogP contribution in [0.5, 0.6) is 5.75 Å². The Morgan fingerprint density at radius 2 is 1.89 bits per heavy atom. The Morgan fingerprint density at radius 3 is 2.61 bits per heavy atom. The number of ether oxygens (including phenoxy) is 2. The molecular weight excluding hydrogens is 517 g/mol. The van der Waals surface area contributed by atoms with Crippen molar-refractivity contribution in [1.82, 2.24) is 24.4 Å². The topological polar surface area (TPSA) is 110 Å². The molecule has 0 bridgehead atoms. The van der Waals surface area contributed by atoms with Crippen molar-refractivity contribution < 1.29 is 28.6 Å². The summed E-state index contributed by atoms with van der Waals surface area (Å²) in [6.45, 7) is 9.44. The molecule has 3 aromatic rings. The van der Waals surface area contributed by atoms with E-state index in [1.807, 2.05) is 13.8 Å². The van der Waals surface area contributed by atoms with Crippen LogP contribution in [0.2, 0.25) is 5.02 Å². The van der Waals surface area contributed by atoms with Crippen LogP contribution in [-0.4, -0.2) is 72.4 Å². The van der Waals surface area contributed by atoms with Crippen LogP contribution in [0.15, 0.2) is 18.2 Å². The fourth-order valence-corrected chi connectivity index (χ4v) is 4.83. The van der Waals surface area contributed by atoms with Crippen LogP contribution in [0.25, 0.3) is 5.65 Å². The standard InChI is InChI=1S/C26H29ClFN5O5/c1-13-22(27)14(2)33-23(29-13)17-9-31(10-18(17)30-33)24(35)16-7-6-15(28)8-20(16)37-21-12-32(11-19(21)34)25(36)38-26(3,4)5/h6-8,19,21,34H,9-12H2,1-5H3. The lowest BCUT2D eigenvalue weighted by molar-refractivity contribution is 0.0268. The second-order valence-corrected chi connectivity index (χ2v) is 11.0. The summed E-state index contributed by atoms with van der Waals surface area (Å²) in [5, 5.41) is 15.7. The fourth-order valence-electron chi connectivity index (χ4n) is 4.71. The smallest absolute Gasteiger partial charge is 0.410 e. The molecule has 1 N–H and O–H groups in total. The van der Waals surface area contributed by atoms with Gasteiger partial charge in [-0.15, -0.1) is 0 Å². The third-order valence-corrected chi connectivity index (χ3v) is 7.13. The average molecular weight is 546 g/mol. The third kappa shape index (κ3) is 4.76. The number of hydrogen-bond donors (Lipinski definition) is 1. The van der Waals surface area contributed by atoms with Crippen molar-refractivity contribution in [2.45, 2.75) is 65.5 Å². The van der Waals surface area contributed by atoms with E-state index < -0.39 is 29.7 Å². The van der Waals surface area contributed by atoms with Gasteiger partial charge in [-0.3, -0.25) is 4.79 Å². The normalized spacial score (nSPS) is 19.3. The van der Waals surface area contributed by atoms with E-state index in [9.17, 15) is 19.1 Å². The molecule has 38 heavy (non-hydrogen) atoms. The van der Waals surface area contributed by atoms with Gasteiger partial charge in [0, 0.05) is 11.6 Å². The summed E-state index contributed by atoms with van der Waals surface area (Å²) in [5.74, 6) is -0.988. The number of aliphatic hydroxyl groups is 1. The second-order valence-electron chi connectivity index (χ2n) is 10.7. The van der Waals surface area contributed by atoms with Crippen LogP contribution in [0.1, 0.15) is 53.8 Å². The Hall–Kier alpha value is -3.44. The van der Waals surface area contributed by atoms with Crippen LogP contribution in [0.3, 0.4) is 0 Å². The molecule has 2 unspecified atom stereocenters. The van der Waals surface area contributed by atoms with Gasteiger partial charge in [0.1, 0.15) is 29.4 Å². The lowest BCUT2D eigenvalue weighted by Crippen LogP contribution is -2.36. The quantitative estimate of drug-likeness (QED) is 0.535. The van der Waals surface area contributed by atoms with Gasteiger partial charge in [0.15, 0.2) is 5.65 Å². The van der Waals surface area contributed by atoms with E-state index in [0.29, 0.717) is 22.1 Å². The number of aliphatic hydroxyl groups excluding tert-OH is 1. The van der Waals surface area contributed by atoms with Crippen molar-refractivity contribution in [3.8, 4) is 5.75 Å². The molecule has 202 valence electrons. The maximum atomic E-state index is 14.2. The van der Waals surface area contributed by atoms with Crippen molar-refractivity contribution in [3.05, 3.63) is 57.2 Å². The van der Waals surface area contributed by atoms with Gasteiger partial charge < -0.3 is 24.4 Å². The highest BCUT2D eigenvalue weighted by Gasteiger charge is 2.39. The summed E-state index contributed by atoms with van der Waals surface area (Å²) in [6, 6.07) is 3.65. The molecule has 2 aliphatic rings. The number of rotatable bonds is 3. The summed E-state index contributed by atoms with van der Waals surface area (Å²) in [7, 11) is 0. The molecule has 1 saturated heterocycles. The van der Waals surface area contributed by atoms with Crippen molar-refractivity contribution in [1.29, 1.82) is 0 Å². The monoisotopic (exact) mass is 545 g/mol. The minimum atomic E-state index is -1.04. The van der Waals surface area contributed by atoms with E-state index in [1.165, 1.54) is 17.0 Å². The number of amides is 2. The molecule has 4 heterocycles. The molecule has 2 amide bonds. The molecule has 2 atom stereocenters. The molecule has 0 aliphatic carbocycles. The highest BCUT2D eigenvalue weighted by molar-refractivity contribution is 6.31. The van der Waals surface area contributed by atoms with E-state index in [1.54, 1.807) is 30.2 Å². The molecule has 1 aromatic carbocycles. The van der Waals surface area contributed by atoms with E-state index in [2.05, 4.69) is 10.1 Å². The van der Waals surface area contributed by atoms with E-state index in [4.69, 9.17) is 21.1 Å². The Labute approximate surface area is 223 Å². The Morgan fingerprint density at radius 1 is 1.16 bits per heavy atom. The van der Waals surface area contributed by atoms with E-state index >= 15 is 0 Å². The summed E-state index contributed by atoms with van der Waals surface area (Å²) < 4.78 is 27.2. The minimum absolute atomic E-state index is 0.00459. The van der Waals surface area contributed by atoms with Crippen molar-refractivity contribution in [2.75, 3.05) is 13.1 Å². The van der Waals surface area contributed by atoms with Gasteiger partial charge in [0.05, 0.1) is 53.8 Å². The molecule has 5 rings (SSSR count). The first kappa shape index (κ1) is 26.2. The maximum Gasteiger partial charge on any atom is 0.410 e. The predicted molar refractivity (Wildman–Crippen MR) is 136 cm³/mol. The average Bonchev–Trinajstić information content (AvgIpc) is 3.50. The van der Waals surface area contributed by atoms with Gasteiger partial charge in [-0.25, -0.2) is 18.7 Å². The zero-order chi connectivity index (χ0) is 27.5. The van der Waals surface area contributed by atoms with Crippen LogP contribution in [-0.2, 0) is 17.8 Å². The summed E-state index contributed by atoms with van der Waals surface area (Å²) >= 11 is 6.32. The summed E-state index contributed by atoms with van der Waals surface area (Å²) in [4.78, 5) is 33.5. The number of benzene rings is 1. The molecule has 0 saturated carbocycles.